The number of nitrogens with zero attached hydrogens (tertiary/aromatic N) is 2. The number of nitrogen functional groups attached to an aromatic ring is 1. The summed E-state index contributed by atoms with van der Waals surface area (Å²) < 4.78 is 1.07. The number of aromatic nitrogens is 2. The molecule has 0 fully saturated rings. The fourth-order valence-electron chi connectivity index (χ4n) is 1.96. The van der Waals surface area contributed by atoms with E-state index in [0.29, 0.717) is 5.82 Å². The molecule has 0 bridgehead atoms. The van der Waals surface area contributed by atoms with Gasteiger partial charge in [-0.05, 0) is 31.0 Å². The van der Waals surface area contributed by atoms with E-state index in [1.807, 2.05) is 19.1 Å². The van der Waals surface area contributed by atoms with Crippen LogP contribution in [0.4, 0.5) is 11.6 Å². The van der Waals surface area contributed by atoms with Crippen LogP contribution in [0.2, 0.25) is 0 Å². The molecule has 0 amide bonds. The zero-order valence-corrected chi connectivity index (χ0v) is 12.6. The molecule has 1 unspecified atom stereocenters. The Kier molecular flexibility index (Phi) is 4.37. The van der Waals surface area contributed by atoms with Gasteiger partial charge in [0.05, 0.1) is 0 Å². The largest absolute Gasteiger partial charge is 0.383 e. The van der Waals surface area contributed by atoms with E-state index in [0.717, 1.165) is 22.3 Å². The Labute approximate surface area is 121 Å². The lowest BCUT2D eigenvalue weighted by Crippen LogP contribution is -2.11. The van der Waals surface area contributed by atoms with E-state index >= 15 is 0 Å². The molecule has 0 saturated heterocycles. The summed E-state index contributed by atoms with van der Waals surface area (Å²) in [4.78, 5) is 8.31. The number of anilines is 2. The average molecular weight is 321 g/mol. The molecule has 0 radical (unpaired) electrons. The first-order valence-electron chi connectivity index (χ1n) is 6.23. The Bertz CT molecular complexity index is 571. The lowest BCUT2D eigenvalue weighted by atomic mass is 10.1. The van der Waals surface area contributed by atoms with E-state index in [1.54, 1.807) is 0 Å². The summed E-state index contributed by atoms with van der Waals surface area (Å²) in [5.74, 6) is 1.35. The summed E-state index contributed by atoms with van der Waals surface area (Å²) in [6, 6.07) is 8.35. The van der Waals surface area contributed by atoms with Gasteiger partial charge in [-0.2, -0.15) is 0 Å². The summed E-state index contributed by atoms with van der Waals surface area (Å²) in [6.07, 6.45) is 2.30. The molecule has 0 spiro atoms. The van der Waals surface area contributed by atoms with Crippen molar-refractivity contribution in [2.45, 2.75) is 26.3 Å². The number of nitrogens with two attached hydrogens (primary N) is 1. The van der Waals surface area contributed by atoms with E-state index in [9.17, 15) is 0 Å². The third-order valence-electron chi connectivity index (χ3n) is 3.03. The Morgan fingerprint density at radius 3 is 2.84 bits per heavy atom. The standard InChI is InChI=1S/C14H17BrN4/c1-3-12-13(16)17-8-18-14(12)19-9(2)10-5-4-6-11(15)7-10/h4-9H,3H2,1-2H3,(H3,16,17,18,19). The van der Waals surface area contributed by atoms with Gasteiger partial charge in [-0.15, -0.1) is 0 Å². The minimum atomic E-state index is 0.150. The maximum absolute atomic E-state index is 5.87. The van der Waals surface area contributed by atoms with Crippen LogP contribution in [0.25, 0.3) is 0 Å². The zero-order valence-electron chi connectivity index (χ0n) is 11.0. The molecule has 3 N–H and O–H groups in total. The third-order valence-corrected chi connectivity index (χ3v) is 3.53. The van der Waals surface area contributed by atoms with Crippen LogP contribution in [0, 0.1) is 0 Å². The van der Waals surface area contributed by atoms with Crippen molar-refractivity contribution >= 4 is 27.6 Å². The smallest absolute Gasteiger partial charge is 0.135 e. The summed E-state index contributed by atoms with van der Waals surface area (Å²) in [5, 5.41) is 3.39. The second-order valence-corrected chi connectivity index (χ2v) is 5.28. The van der Waals surface area contributed by atoms with Crippen LogP contribution in [0.15, 0.2) is 35.1 Å². The van der Waals surface area contributed by atoms with Crippen molar-refractivity contribution in [1.29, 1.82) is 0 Å². The molecule has 2 aromatic rings. The van der Waals surface area contributed by atoms with Crippen molar-refractivity contribution in [3.8, 4) is 0 Å². The van der Waals surface area contributed by atoms with Crippen LogP contribution in [0.1, 0.15) is 31.0 Å². The maximum atomic E-state index is 5.87. The predicted octanol–water partition coefficient (Wildman–Crippen LogP) is 3.56. The maximum Gasteiger partial charge on any atom is 0.135 e. The molecule has 0 aliphatic carbocycles. The Balaban J connectivity index is 2.24. The minimum Gasteiger partial charge on any atom is -0.383 e. The first kappa shape index (κ1) is 13.8. The van der Waals surface area contributed by atoms with Crippen LogP contribution in [0.5, 0.6) is 0 Å². The molecule has 2 rings (SSSR count). The SMILES string of the molecule is CCc1c(N)ncnc1NC(C)c1cccc(Br)c1. The van der Waals surface area contributed by atoms with Gasteiger partial charge in [0.1, 0.15) is 18.0 Å². The van der Waals surface area contributed by atoms with Crippen LogP contribution in [-0.2, 0) is 6.42 Å². The summed E-state index contributed by atoms with van der Waals surface area (Å²) >= 11 is 3.48. The van der Waals surface area contributed by atoms with E-state index in [4.69, 9.17) is 5.73 Å². The molecule has 100 valence electrons. The molecule has 1 aromatic carbocycles. The van der Waals surface area contributed by atoms with Crippen molar-refractivity contribution in [3.05, 3.63) is 46.2 Å². The van der Waals surface area contributed by atoms with Gasteiger partial charge in [-0.25, -0.2) is 9.97 Å². The van der Waals surface area contributed by atoms with Gasteiger partial charge in [0.2, 0.25) is 0 Å². The zero-order chi connectivity index (χ0) is 13.8. The van der Waals surface area contributed by atoms with Gasteiger partial charge in [-0.3, -0.25) is 0 Å². The number of rotatable bonds is 4. The fourth-order valence-corrected chi connectivity index (χ4v) is 2.38. The van der Waals surface area contributed by atoms with E-state index in [1.165, 1.54) is 11.9 Å². The lowest BCUT2D eigenvalue weighted by Gasteiger charge is -2.17. The van der Waals surface area contributed by atoms with Crippen molar-refractivity contribution < 1.29 is 0 Å². The normalized spacial score (nSPS) is 12.2. The quantitative estimate of drug-likeness (QED) is 0.904. The van der Waals surface area contributed by atoms with Crippen molar-refractivity contribution in [2.75, 3.05) is 11.1 Å². The van der Waals surface area contributed by atoms with Crippen molar-refractivity contribution in [1.82, 2.24) is 9.97 Å². The Morgan fingerprint density at radius 2 is 2.16 bits per heavy atom. The van der Waals surface area contributed by atoms with Gasteiger partial charge >= 0.3 is 0 Å². The van der Waals surface area contributed by atoms with Gasteiger partial charge in [0.25, 0.3) is 0 Å². The van der Waals surface area contributed by atoms with Crippen LogP contribution in [0.3, 0.4) is 0 Å². The molecule has 19 heavy (non-hydrogen) atoms. The Morgan fingerprint density at radius 1 is 1.37 bits per heavy atom. The van der Waals surface area contributed by atoms with Crippen LogP contribution < -0.4 is 11.1 Å². The molecule has 0 aliphatic rings. The summed E-state index contributed by atoms with van der Waals surface area (Å²) in [6.45, 7) is 4.14. The molecule has 1 atom stereocenters. The van der Waals surface area contributed by atoms with Crippen molar-refractivity contribution in [2.24, 2.45) is 0 Å². The highest BCUT2D eigenvalue weighted by Gasteiger charge is 2.11. The van der Waals surface area contributed by atoms with E-state index in [2.05, 4.69) is 50.3 Å². The molecule has 0 aliphatic heterocycles. The minimum absolute atomic E-state index is 0.150. The van der Waals surface area contributed by atoms with Crippen LogP contribution >= 0.6 is 15.9 Å². The van der Waals surface area contributed by atoms with Crippen LogP contribution in [-0.4, -0.2) is 9.97 Å². The van der Waals surface area contributed by atoms with Gasteiger partial charge in [-0.1, -0.05) is 35.0 Å². The lowest BCUT2D eigenvalue weighted by molar-refractivity contribution is 0.863. The molecular weight excluding hydrogens is 304 g/mol. The summed E-state index contributed by atoms with van der Waals surface area (Å²) in [5.41, 5.74) is 8.02. The first-order chi connectivity index (χ1) is 9.11. The number of hydrogen-bond donors (Lipinski definition) is 2. The van der Waals surface area contributed by atoms with Gasteiger partial charge in [0, 0.05) is 16.1 Å². The third kappa shape index (κ3) is 3.23. The summed E-state index contributed by atoms with van der Waals surface area (Å²) in [7, 11) is 0. The first-order valence-corrected chi connectivity index (χ1v) is 7.02. The molecule has 4 nitrogen and oxygen atoms in total. The topological polar surface area (TPSA) is 63.8 Å². The van der Waals surface area contributed by atoms with Crippen molar-refractivity contribution in [3.63, 3.8) is 0 Å². The highest BCUT2D eigenvalue weighted by Crippen LogP contribution is 2.24. The molecule has 5 heteroatoms. The van der Waals surface area contributed by atoms with E-state index in [-0.39, 0.29) is 6.04 Å². The molecule has 0 saturated carbocycles. The van der Waals surface area contributed by atoms with Gasteiger partial charge in [0.15, 0.2) is 0 Å². The second-order valence-electron chi connectivity index (χ2n) is 4.36. The molecular formula is C14H17BrN4. The number of halogens is 1. The number of nitrogens with one attached hydrogen (secondary N) is 1. The second kappa shape index (κ2) is 6.02. The molecule has 1 aromatic heterocycles. The number of benzene rings is 1. The average Bonchev–Trinajstić information content (AvgIpc) is 2.39. The Hall–Kier alpha value is -1.62. The predicted molar refractivity (Wildman–Crippen MR) is 82.0 cm³/mol. The highest BCUT2D eigenvalue weighted by molar-refractivity contribution is 9.10. The van der Waals surface area contributed by atoms with Gasteiger partial charge < -0.3 is 11.1 Å². The number of hydrogen-bond acceptors (Lipinski definition) is 4. The molecule has 1 heterocycles. The van der Waals surface area contributed by atoms with E-state index < -0.39 is 0 Å². The highest BCUT2D eigenvalue weighted by atomic mass is 79.9. The fraction of sp³-hybridized carbons (Fsp3) is 0.286. The monoisotopic (exact) mass is 320 g/mol.